The number of halogens is 1. The summed E-state index contributed by atoms with van der Waals surface area (Å²) >= 11 is 6.17. The van der Waals surface area contributed by atoms with Gasteiger partial charge in [-0.05, 0) is 36.2 Å². The number of aromatic nitrogens is 2. The molecule has 0 aliphatic heterocycles. The van der Waals surface area contributed by atoms with E-state index in [1.807, 2.05) is 66.2 Å². The van der Waals surface area contributed by atoms with Crippen LogP contribution in [-0.4, -0.2) is 27.5 Å². The van der Waals surface area contributed by atoms with Crippen LogP contribution in [0.25, 0.3) is 5.69 Å². The molecule has 0 bridgehead atoms. The summed E-state index contributed by atoms with van der Waals surface area (Å²) in [4.78, 5) is 18.1. The molecule has 6 heteroatoms. The zero-order valence-electron chi connectivity index (χ0n) is 14.8. The van der Waals surface area contributed by atoms with Gasteiger partial charge in [0.2, 0.25) is 0 Å². The fraction of sp³-hybridized carbons (Fsp3) is 0.200. The second kappa shape index (κ2) is 8.06. The molecule has 1 aromatic heterocycles. The highest BCUT2D eigenvalue weighted by Gasteiger charge is 2.14. The van der Waals surface area contributed by atoms with Gasteiger partial charge in [-0.3, -0.25) is 0 Å². The maximum absolute atomic E-state index is 12.5. The van der Waals surface area contributed by atoms with Crippen LogP contribution in [0.15, 0.2) is 67.3 Å². The first-order chi connectivity index (χ1) is 12.5. The lowest BCUT2D eigenvalue weighted by Crippen LogP contribution is -2.38. The normalized spacial score (nSPS) is 11.8. The molecule has 1 heterocycles. The summed E-state index contributed by atoms with van der Waals surface area (Å²) in [7, 11) is 1.76. The van der Waals surface area contributed by atoms with E-state index in [4.69, 9.17) is 11.6 Å². The number of nitrogens with zero attached hydrogens (tertiary/aromatic N) is 3. The highest BCUT2D eigenvalue weighted by Crippen LogP contribution is 2.18. The molecule has 0 spiro atoms. The van der Waals surface area contributed by atoms with Crippen LogP contribution in [0.4, 0.5) is 4.79 Å². The molecule has 0 aliphatic rings. The van der Waals surface area contributed by atoms with E-state index in [-0.39, 0.29) is 12.1 Å². The molecule has 3 rings (SSSR count). The maximum atomic E-state index is 12.5. The summed E-state index contributed by atoms with van der Waals surface area (Å²) in [6, 6.07) is 15.3. The van der Waals surface area contributed by atoms with E-state index in [0.717, 1.165) is 16.8 Å². The number of urea groups is 1. The minimum absolute atomic E-state index is 0.104. The van der Waals surface area contributed by atoms with Crippen molar-refractivity contribution in [2.24, 2.45) is 0 Å². The van der Waals surface area contributed by atoms with E-state index in [1.165, 1.54) is 0 Å². The number of carbonyl (C=O) groups excluding carboxylic acids is 1. The second-order valence-corrected chi connectivity index (χ2v) is 6.59. The number of carbonyl (C=O) groups is 1. The molecule has 3 aromatic rings. The van der Waals surface area contributed by atoms with Gasteiger partial charge in [-0.2, -0.15) is 0 Å². The van der Waals surface area contributed by atoms with E-state index in [1.54, 1.807) is 24.5 Å². The second-order valence-electron chi connectivity index (χ2n) is 6.18. The van der Waals surface area contributed by atoms with E-state index < -0.39 is 0 Å². The van der Waals surface area contributed by atoms with Gasteiger partial charge < -0.3 is 14.8 Å². The summed E-state index contributed by atoms with van der Waals surface area (Å²) in [6.45, 7) is 2.42. The Bertz CT molecular complexity index is 862. The lowest BCUT2D eigenvalue weighted by atomic mass is 10.1. The Hall–Kier alpha value is -2.79. The smallest absolute Gasteiger partial charge is 0.317 e. The molecule has 1 atom stereocenters. The van der Waals surface area contributed by atoms with Crippen molar-refractivity contribution in [2.75, 3.05) is 7.05 Å². The van der Waals surface area contributed by atoms with Crippen LogP contribution in [0.3, 0.4) is 0 Å². The maximum Gasteiger partial charge on any atom is 0.317 e. The molecule has 0 radical (unpaired) electrons. The van der Waals surface area contributed by atoms with E-state index in [2.05, 4.69) is 10.3 Å². The van der Waals surface area contributed by atoms with Crippen molar-refractivity contribution in [3.05, 3.63) is 83.4 Å². The Kier molecular flexibility index (Phi) is 5.58. The molecular formula is C20H21ClN4O. The summed E-state index contributed by atoms with van der Waals surface area (Å²) in [5.74, 6) is 0. The fourth-order valence-corrected chi connectivity index (χ4v) is 2.88. The Morgan fingerprint density at radius 2 is 1.96 bits per heavy atom. The van der Waals surface area contributed by atoms with Gasteiger partial charge >= 0.3 is 6.03 Å². The third-order valence-corrected chi connectivity index (χ3v) is 4.62. The monoisotopic (exact) mass is 368 g/mol. The summed E-state index contributed by atoms with van der Waals surface area (Å²) < 4.78 is 1.93. The van der Waals surface area contributed by atoms with Crippen LogP contribution in [0.5, 0.6) is 0 Å². The average Bonchev–Trinajstić information content (AvgIpc) is 3.18. The molecule has 0 aliphatic carbocycles. The van der Waals surface area contributed by atoms with Crippen molar-refractivity contribution in [1.29, 1.82) is 0 Å². The standard InChI is InChI=1S/C20H21ClN4O/c1-15(16-7-9-18(10-8-16)25-12-11-22-14-25)23-20(26)24(2)13-17-5-3-4-6-19(17)21/h3-12,14-15H,13H2,1-2H3,(H,23,26). The van der Waals surface area contributed by atoms with E-state index in [0.29, 0.717) is 11.6 Å². The van der Waals surface area contributed by atoms with Crippen LogP contribution < -0.4 is 5.32 Å². The van der Waals surface area contributed by atoms with Crippen molar-refractivity contribution in [2.45, 2.75) is 19.5 Å². The van der Waals surface area contributed by atoms with Crippen LogP contribution >= 0.6 is 11.6 Å². The van der Waals surface area contributed by atoms with E-state index >= 15 is 0 Å². The van der Waals surface area contributed by atoms with Gasteiger partial charge in [0.15, 0.2) is 0 Å². The third kappa shape index (κ3) is 4.24. The van der Waals surface area contributed by atoms with Crippen molar-refractivity contribution in [3.8, 4) is 5.69 Å². The Balaban J connectivity index is 1.60. The lowest BCUT2D eigenvalue weighted by molar-refractivity contribution is 0.203. The average molecular weight is 369 g/mol. The van der Waals surface area contributed by atoms with Gasteiger partial charge in [0.05, 0.1) is 12.4 Å². The molecule has 2 amide bonds. The Morgan fingerprint density at radius 3 is 2.62 bits per heavy atom. The van der Waals surface area contributed by atoms with Gasteiger partial charge in [-0.15, -0.1) is 0 Å². The van der Waals surface area contributed by atoms with Crippen molar-refractivity contribution >= 4 is 17.6 Å². The first-order valence-electron chi connectivity index (χ1n) is 8.38. The minimum atomic E-state index is -0.142. The van der Waals surface area contributed by atoms with Crippen LogP contribution in [-0.2, 0) is 6.54 Å². The van der Waals surface area contributed by atoms with Crippen molar-refractivity contribution < 1.29 is 4.79 Å². The number of hydrogen-bond donors (Lipinski definition) is 1. The number of benzene rings is 2. The lowest BCUT2D eigenvalue weighted by Gasteiger charge is -2.22. The molecule has 1 N–H and O–H groups in total. The molecule has 1 unspecified atom stereocenters. The molecule has 2 aromatic carbocycles. The topological polar surface area (TPSA) is 50.2 Å². The minimum Gasteiger partial charge on any atom is -0.331 e. The molecule has 134 valence electrons. The van der Waals surface area contributed by atoms with Crippen LogP contribution in [0.2, 0.25) is 5.02 Å². The molecule has 5 nitrogen and oxygen atoms in total. The molecule has 26 heavy (non-hydrogen) atoms. The number of rotatable bonds is 5. The van der Waals surface area contributed by atoms with E-state index in [9.17, 15) is 4.79 Å². The highest BCUT2D eigenvalue weighted by molar-refractivity contribution is 6.31. The van der Waals surface area contributed by atoms with Gasteiger partial charge in [0, 0.05) is 36.7 Å². The predicted octanol–water partition coefficient (Wildman–Crippen LogP) is 4.43. The third-order valence-electron chi connectivity index (χ3n) is 4.25. The number of nitrogens with one attached hydrogen (secondary N) is 1. The largest absolute Gasteiger partial charge is 0.331 e. The molecule has 0 saturated heterocycles. The van der Waals surface area contributed by atoms with Crippen LogP contribution in [0.1, 0.15) is 24.1 Å². The van der Waals surface area contributed by atoms with Gasteiger partial charge in [0.25, 0.3) is 0 Å². The molecular weight excluding hydrogens is 348 g/mol. The highest BCUT2D eigenvalue weighted by atomic mass is 35.5. The zero-order valence-corrected chi connectivity index (χ0v) is 15.5. The van der Waals surface area contributed by atoms with Gasteiger partial charge in [-0.1, -0.05) is 41.9 Å². The van der Waals surface area contributed by atoms with Gasteiger partial charge in [0.1, 0.15) is 0 Å². The number of hydrogen-bond acceptors (Lipinski definition) is 2. The summed E-state index contributed by atoms with van der Waals surface area (Å²) in [6.07, 6.45) is 5.39. The number of imidazole rings is 1. The SMILES string of the molecule is CC(NC(=O)N(C)Cc1ccccc1Cl)c1ccc(-n2ccnc2)cc1. The summed E-state index contributed by atoms with van der Waals surface area (Å²) in [5, 5.41) is 3.68. The van der Waals surface area contributed by atoms with Crippen molar-refractivity contribution in [3.63, 3.8) is 0 Å². The fourth-order valence-electron chi connectivity index (χ4n) is 2.68. The quantitative estimate of drug-likeness (QED) is 0.724. The summed E-state index contributed by atoms with van der Waals surface area (Å²) in [5.41, 5.74) is 2.98. The number of amides is 2. The molecule has 0 saturated carbocycles. The zero-order chi connectivity index (χ0) is 18.5. The molecule has 0 fully saturated rings. The Labute approximate surface area is 158 Å². The van der Waals surface area contributed by atoms with Gasteiger partial charge in [-0.25, -0.2) is 9.78 Å². The first kappa shape index (κ1) is 18.0. The van der Waals surface area contributed by atoms with Crippen molar-refractivity contribution in [1.82, 2.24) is 19.8 Å². The Morgan fingerprint density at radius 1 is 1.23 bits per heavy atom. The first-order valence-corrected chi connectivity index (χ1v) is 8.75. The predicted molar refractivity (Wildman–Crippen MR) is 103 cm³/mol. The van der Waals surface area contributed by atoms with Crippen LogP contribution in [0, 0.1) is 0 Å².